The molecule has 4 aromatic carbocycles. The van der Waals surface area contributed by atoms with Gasteiger partial charge in [0.05, 0.1) is 16.7 Å². The van der Waals surface area contributed by atoms with E-state index in [4.69, 9.17) is 0 Å². The first-order valence-electron chi connectivity index (χ1n) is 10.2. The number of benzene rings is 4. The second kappa shape index (κ2) is 6.63. The maximum atomic E-state index is 2.44. The van der Waals surface area contributed by atoms with Crippen LogP contribution in [0, 0.1) is 0 Å². The lowest BCUT2D eigenvalue weighted by Gasteiger charge is -2.28. The SMILES string of the molecule is CC(C)(C)c1c(-c2ccccc2)cccc1-n1c2ccccc2c2ccccc21. The Morgan fingerprint density at radius 2 is 1.10 bits per heavy atom. The number of hydrogen-bond donors (Lipinski definition) is 0. The third kappa shape index (κ3) is 2.86. The highest BCUT2D eigenvalue weighted by atomic mass is 15.0. The first-order valence-corrected chi connectivity index (χ1v) is 10.2. The van der Waals surface area contributed by atoms with Crippen molar-refractivity contribution in [2.24, 2.45) is 0 Å². The van der Waals surface area contributed by atoms with Gasteiger partial charge in [-0.1, -0.05) is 99.6 Å². The zero-order valence-electron chi connectivity index (χ0n) is 17.2. The predicted octanol–water partition coefficient (Wildman–Crippen LogP) is 7.75. The number of para-hydroxylation sites is 2. The van der Waals surface area contributed by atoms with E-state index in [0.29, 0.717) is 0 Å². The summed E-state index contributed by atoms with van der Waals surface area (Å²) in [5, 5.41) is 2.60. The Hall–Kier alpha value is -3.32. The Morgan fingerprint density at radius 3 is 1.69 bits per heavy atom. The highest BCUT2D eigenvalue weighted by molar-refractivity contribution is 6.09. The van der Waals surface area contributed by atoms with Crippen LogP contribution in [0.2, 0.25) is 0 Å². The van der Waals surface area contributed by atoms with Crippen LogP contribution in [-0.4, -0.2) is 4.57 Å². The Bertz CT molecular complexity index is 1260. The van der Waals surface area contributed by atoms with E-state index in [2.05, 4.69) is 122 Å². The molecule has 0 aliphatic rings. The molecule has 5 rings (SSSR count). The van der Waals surface area contributed by atoms with Gasteiger partial charge in [0.1, 0.15) is 0 Å². The third-order valence-corrected chi connectivity index (χ3v) is 5.70. The van der Waals surface area contributed by atoms with Crippen LogP contribution in [0.3, 0.4) is 0 Å². The van der Waals surface area contributed by atoms with E-state index < -0.39 is 0 Å². The van der Waals surface area contributed by atoms with Crippen molar-refractivity contribution in [3.05, 3.63) is 103 Å². The van der Waals surface area contributed by atoms with Gasteiger partial charge < -0.3 is 4.57 Å². The molecule has 0 fully saturated rings. The van der Waals surface area contributed by atoms with E-state index in [1.807, 2.05) is 0 Å². The van der Waals surface area contributed by atoms with Crippen molar-refractivity contribution in [1.82, 2.24) is 4.57 Å². The summed E-state index contributed by atoms with van der Waals surface area (Å²) in [6.45, 7) is 6.93. The van der Waals surface area contributed by atoms with Gasteiger partial charge in [0.15, 0.2) is 0 Å². The Balaban J connectivity index is 1.93. The first-order chi connectivity index (χ1) is 14.1. The van der Waals surface area contributed by atoms with Crippen molar-refractivity contribution >= 4 is 21.8 Å². The molecule has 0 unspecified atom stereocenters. The molecule has 0 bridgehead atoms. The lowest BCUT2D eigenvalue weighted by Crippen LogP contribution is -2.17. The maximum Gasteiger partial charge on any atom is 0.0541 e. The molecule has 0 aliphatic carbocycles. The minimum Gasteiger partial charge on any atom is -0.309 e. The molecule has 0 spiro atoms. The van der Waals surface area contributed by atoms with Crippen molar-refractivity contribution in [1.29, 1.82) is 0 Å². The number of aromatic nitrogens is 1. The zero-order chi connectivity index (χ0) is 20.0. The number of fused-ring (bicyclic) bond motifs is 3. The van der Waals surface area contributed by atoms with Crippen molar-refractivity contribution in [3.63, 3.8) is 0 Å². The quantitative estimate of drug-likeness (QED) is 0.297. The minimum atomic E-state index is -0.00571. The van der Waals surface area contributed by atoms with Crippen molar-refractivity contribution in [3.8, 4) is 16.8 Å². The van der Waals surface area contributed by atoms with Gasteiger partial charge in [0.25, 0.3) is 0 Å². The Morgan fingerprint density at radius 1 is 0.552 bits per heavy atom. The fraction of sp³-hybridized carbons (Fsp3) is 0.143. The summed E-state index contributed by atoms with van der Waals surface area (Å²) in [5.74, 6) is 0. The van der Waals surface area contributed by atoms with Crippen molar-refractivity contribution < 1.29 is 0 Å². The second-order valence-electron chi connectivity index (χ2n) is 8.69. The molecule has 29 heavy (non-hydrogen) atoms. The van der Waals surface area contributed by atoms with Crippen LogP contribution in [0.5, 0.6) is 0 Å². The average Bonchev–Trinajstić information content (AvgIpc) is 3.08. The fourth-order valence-corrected chi connectivity index (χ4v) is 4.56. The van der Waals surface area contributed by atoms with Crippen LogP contribution < -0.4 is 0 Å². The molecule has 142 valence electrons. The topological polar surface area (TPSA) is 4.93 Å². The van der Waals surface area contributed by atoms with Gasteiger partial charge in [0.2, 0.25) is 0 Å². The molecule has 5 aromatic rings. The largest absolute Gasteiger partial charge is 0.309 e. The molecule has 0 atom stereocenters. The second-order valence-corrected chi connectivity index (χ2v) is 8.69. The van der Waals surface area contributed by atoms with E-state index in [-0.39, 0.29) is 5.41 Å². The molecule has 0 saturated carbocycles. The molecule has 0 N–H and O–H groups in total. The molecule has 0 aliphatic heterocycles. The first kappa shape index (κ1) is 17.8. The summed E-state index contributed by atoms with van der Waals surface area (Å²) in [6, 6.07) is 34.9. The van der Waals surface area contributed by atoms with E-state index >= 15 is 0 Å². The van der Waals surface area contributed by atoms with Crippen molar-refractivity contribution in [2.75, 3.05) is 0 Å². The summed E-state index contributed by atoms with van der Waals surface area (Å²) in [4.78, 5) is 0. The molecule has 1 heteroatoms. The Labute approximate surface area is 172 Å². The molecule has 1 aromatic heterocycles. The Kier molecular flexibility index (Phi) is 4.06. The zero-order valence-corrected chi connectivity index (χ0v) is 17.2. The highest BCUT2D eigenvalue weighted by Crippen LogP contribution is 2.40. The van der Waals surface area contributed by atoms with Gasteiger partial charge in [-0.15, -0.1) is 0 Å². The molecular weight excluding hydrogens is 350 g/mol. The lowest BCUT2D eigenvalue weighted by molar-refractivity contribution is 0.589. The molecule has 0 saturated heterocycles. The summed E-state index contributed by atoms with van der Waals surface area (Å²) in [6.07, 6.45) is 0. The lowest BCUT2D eigenvalue weighted by atomic mass is 9.80. The van der Waals surface area contributed by atoms with E-state index in [1.165, 1.54) is 44.2 Å². The van der Waals surface area contributed by atoms with Crippen LogP contribution in [0.4, 0.5) is 0 Å². The molecule has 0 amide bonds. The molecule has 1 nitrogen and oxygen atoms in total. The van der Waals surface area contributed by atoms with E-state index in [9.17, 15) is 0 Å². The number of hydrogen-bond acceptors (Lipinski definition) is 0. The summed E-state index contributed by atoms with van der Waals surface area (Å²) < 4.78 is 2.44. The predicted molar refractivity (Wildman–Crippen MR) is 125 cm³/mol. The van der Waals surface area contributed by atoms with Crippen LogP contribution in [0.25, 0.3) is 38.6 Å². The summed E-state index contributed by atoms with van der Waals surface area (Å²) in [5.41, 5.74) is 7.70. The minimum absolute atomic E-state index is 0.00571. The fourth-order valence-electron chi connectivity index (χ4n) is 4.56. The maximum absolute atomic E-state index is 2.44. The average molecular weight is 376 g/mol. The van der Waals surface area contributed by atoms with Gasteiger partial charge >= 0.3 is 0 Å². The molecule has 1 heterocycles. The van der Waals surface area contributed by atoms with Crippen LogP contribution in [0.1, 0.15) is 26.3 Å². The van der Waals surface area contributed by atoms with Crippen LogP contribution in [-0.2, 0) is 5.41 Å². The monoisotopic (exact) mass is 375 g/mol. The highest BCUT2D eigenvalue weighted by Gasteiger charge is 2.25. The standard InChI is InChI=1S/C28H25N/c1-28(2,3)27-21(20-12-5-4-6-13-20)16-11-19-26(27)29-24-17-9-7-14-22(24)23-15-8-10-18-25(23)29/h4-19H,1-3H3. The van der Waals surface area contributed by atoms with Crippen molar-refractivity contribution in [2.45, 2.75) is 26.2 Å². The third-order valence-electron chi connectivity index (χ3n) is 5.70. The van der Waals surface area contributed by atoms with Crippen LogP contribution >= 0.6 is 0 Å². The number of rotatable bonds is 2. The number of nitrogens with zero attached hydrogens (tertiary/aromatic N) is 1. The van der Waals surface area contributed by atoms with E-state index in [0.717, 1.165) is 0 Å². The smallest absolute Gasteiger partial charge is 0.0541 e. The van der Waals surface area contributed by atoms with Gasteiger partial charge in [-0.25, -0.2) is 0 Å². The van der Waals surface area contributed by atoms with E-state index in [1.54, 1.807) is 0 Å². The van der Waals surface area contributed by atoms with Gasteiger partial charge in [-0.3, -0.25) is 0 Å². The molecule has 0 radical (unpaired) electrons. The summed E-state index contributed by atoms with van der Waals surface area (Å²) in [7, 11) is 0. The molecular formula is C28H25N. The van der Waals surface area contributed by atoms with Gasteiger partial charge in [0, 0.05) is 10.8 Å². The van der Waals surface area contributed by atoms with Gasteiger partial charge in [-0.05, 0) is 40.3 Å². The normalized spacial score (nSPS) is 12.0. The van der Waals surface area contributed by atoms with Crippen LogP contribution in [0.15, 0.2) is 97.1 Å². The van der Waals surface area contributed by atoms with Gasteiger partial charge in [-0.2, -0.15) is 0 Å². The summed E-state index contributed by atoms with van der Waals surface area (Å²) >= 11 is 0.